The Hall–Kier alpha value is 0.250. The van der Waals surface area contributed by atoms with Crippen molar-refractivity contribution in [2.75, 3.05) is 5.88 Å². The van der Waals surface area contributed by atoms with Gasteiger partial charge in [0.15, 0.2) is 0 Å². The zero-order valence-electron chi connectivity index (χ0n) is 17.6. The predicted molar refractivity (Wildman–Crippen MR) is 115 cm³/mol. The number of hydrogen-bond acceptors (Lipinski definition) is 1. The van der Waals surface area contributed by atoms with Gasteiger partial charge in [-0.25, -0.2) is 0 Å². The molecule has 25 heavy (non-hydrogen) atoms. The maximum absolute atomic E-state index is 9.69. The lowest BCUT2D eigenvalue weighted by atomic mass is 9.82. The summed E-state index contributed by atoms with van der Waals surface area (Å²) >= 11 is 5.71. The monoisotopic (exact) mass is 374 g/mol. The molecule has 0 aliphatic carbocycles. The fourth-order valence-corrected chi connectivity index (χ4v) is 3.88. The first-order valence-electron chi connectivity index (χ1n) is 11.3. The Balaban J connectivity index is 3.23. The topological polar surface area (TPSA) is 20.2 Å². The second-order valence-corrected chi connectivity index (χ2v) is 9.18. The van der Waals surface area contributed by atoms with Crippen LogP contribution in [0, 0.1) is 5.41 Å². The summed E-state index contributed by atoms with van der Waals surface area (Å²) in [4.78, 5) is 0. The van der Waals surface area contributed by atoms with E-state index >= 15 is 0 Å². The van der Waals surface area contributed by atoms with Crippen LogP contribution in [-0.4, -0.2) is 17.1 Å². The van der Waals surface area contributed by atoms with Crippen LogP contribution >= 0.6 is 11.6 Å². The Morgan fingerprint density at radius 2 is 1.04 bits per heavy atom. The fourth-order valence-electron chi connectivity index (χ4n) is 3.77. The van der Waals surface area contributed by atoms with E-state index in [1.54, 1.807) is 0 Å². The molecule has 0 saturated heterocycles. The Morgan fingerprint density at radius 3 is 1.40 bits per heavy atom. The average Bonchev–Trinajstić information content (AvgIpc) is 2.57. The molecule has 0 aliphatic heterocycles. The van der Waals surface area contributed by atoms with Gasteiger partial charge in [0.1, 0.15) is 0 Å². The largest absolute Gasteiger partial charge is 0.392 e. The molecule has 0 radical (unpaired) electrons. The normalized spacial score (nSPS) is 13.3. The van der Waals surface area contributed by atoms with Crippen molar-refractivity contribution in [2.24, 2.45) is 5.41 Å². The van der Waals surface area contributed by atoms with E-state index in [1.807, 2.05) is 0 Å². The maximum atomic E-state index is 9.69. The van der Waals surface area contributed by atoms with Crippen molar-refractivity contribution < 1.29 is 5.11 Å². The molecule has 0 aromatic carbocycles. The van der Waals surface area contributed by atoms with Crippen molar-refractivity contribution in [2.45, 2.75) is 136 Å². The number of aliphatic hydroxyl groups excluding tert-OH is 1. The van der Waals surface area contributed by atoms with Gasteiger partial charge in [-0.05, 0) is 18.3 Å². The number of halogens is 1. The van der Waals surface area contributed by atoms with Crippen molar-refractivity contribution >= 4 is 11.6 Å². The number of alkyl halides is 1. The quantitative estimate of drug-likeness (QED) is 0.178. The molecular weight excluding hydrogens is 328 g/mol. The SMILES string of the molecule is CCCCCCCCCCCCCCCCCC(C)(C)CC(O)CCl. The van der Waals surface area contributed by atoms with E-state index in [-0.39, 0.29) is 11.5 Å². The van der Waals surface area contributed by atoms with Gasteiger partial charge in [0, 0.05) is 5.88 Å². The van der Waals surface area contributed by atoms with Crippen LogP contribution in [0.5, 0.6) is 0 Å². The number of hydrogen-bond donors (Lipinski definition) is 1. The Bertz CT molecular complexity index is 265. The number of unbranched alkanes of at least 4 members (excludes halogenated alkanes) is 14. The third-order valence-corrected chi connectivity index (χ3v) is 5.78. The molecule has 0 fully saturated rings. The molecule has 0 heterocycles. The van der Waals surface area contributed by atoms with E-state index in [2.05, 4.69) is 20.8 Å². The van der Waals surface area contributed by atoms with Crippen LogP contribution in [0.25, 0.3) is 0 Å². The molecular formula is C23H47ClO. The molecule has 2 heteroatoms. The minimum atomic E-state index is -0.340. The first-order valence-corrected chi connectivity index (χ1v) is 11.8. The van der Waals surface area contributed by atoms with Crippen molar-refractivity contribution in [3.63, 3.8) is 0 Å². The molecule has 0 aromatic heterocycles. The first kappa shape index (κ1) is 25.2. The molecule has 0 amide bonds. The summed E-state index contributed by atoms with van der Waals surface area (Å²) in [5.74, 6) is 0.363. The van der Waals surface area contributed by atoms with Crippen molar-refractivity contribution in [1.82, 2.24) is 0 Å². The van der Waals surface area contributed by atoms with Crippen molar-refractivity contribution in [3.8, 4) is 0 Å². The van der Waals surface area contributed by atoms with E-state index in [1.165, 1.54) is 103 Å². The van der Waals surface area contributed by atoms with E-state index in [4.69, 9.17) is 11.6 Å². The minimum Gasteiger partial charge on any atom is -0.392 e. The van der Waals surface area contributed by atoms with Crippen LogP contribution in [0.1, 0.15) is 130 Å². The molecule has 1 nitrogen and oxygen atoms in total. The van der Waals surface area contributed by atoms with E-state index < -0.39 is 0 Å². The van der Waals surface area contributed by atoms with Crippen molar-refractivity contribution in [1.29, 1.82) is 0 Å². The molecule has 0 saturated carbocycles. The lowest BCUT2D eigenvalue weighted by Gasteiger charge is -2.26. The molecule has 152 valence electrons. The average molecular weight is 375 g/mol. The molecule has 0 rings (SSSR count). The molecule has 0 spiro atoms. The highest BCUT2D eigenvalue weighted by molar-refractivity contribution is 6.18. The second-order valence-electron chi connectivity index (χ2n) is 8.88. The Morgan fingerprint density at radius 1 is 0.680 bits per heavy atom. The smallest absolute Gasteiger partial charge is 0.0680 e. The summed E-state index contributed by atoms with van der Waals surface area (Å²) in [6.45, 7) is 6.80. The van der Waals surface area contributed by atoms with Gasteiger partial charge < -0.3 is 5.11 Å². The maximum Gasteiger partial charge on any atom is 0.0680 e. The molecule has 0 bridgehead atoms. The minimum absolute atomic E-state index is 0.227. The van der Waals surface area contributed by atoms with Gasteiger partial charge in [0.05, 0.1) is 6.10 Å². The van der Waals surface area contributed by atoms with Gasteiger partial charge in [-0.3, -0.25) is 0 Å². The highest BCUT2D eigenvalue weighted by Crippen LogP contribution is 2.29. The predicted octanol–water partition coefficient (Wildman–Crippen LogP) is 8.26. The van der Waals surface area contributed by atoms with Gasteiger partial charge in [0.2, 0.25) is 0 Å². The van der Waals surface area contributed by atoms with E-state index in [0.717, 1.165) is 6.42 Å². The van der Waals surface area contributed by atoms with Crippen LogP contribution in [0.3, 0.4) is 0 Å². The van der Waals surface area contributed by atoms with Gasteiger partial charge in [-0.2, -0.15) is 0 Å². The molecule has 0 aliphatic rings. The lowest BCUT2D eigenvalue weighted by Crippen LogP contribution is -2.21. The van der Waals surface area contributed by atoms with E-state index in [9.17, 15) is 5.11 Å². The zero-order chi connectivity index (χ0) is 18.8. The van der Waals surface area contributed by atoms with Gasteiger partial charge in [-0.15, -0.1) is 11.6 Å². The summed E-state index contributed by atoms with van der Waals surface area (Å²) in [7, 11) is 0. The number of aliphatic hydroxyl groups is 1. The zero-order valence-corrected chi connectivity index (χ0v) is 18.4. The third-order valence-electron chi connectivity index (χ3n) is 5.42. The van der Waals surface area contributed by atoms with Crippen LogP contribution in [-0.2, 0) is 0 Å². The highest BCUT2D eigenvalue weighted by atomic mass is 35.5. The molecule has 1 atom stereocenters. The standard InChI is InChI=1S/C23H47ClO/c1-4-5-6-7-8-9-10-11-12-13-14-15-16-17-18-19-23(2,3)20-22(25)21-24/h22,25H,4-21H2,1-3H3. The van der Waals surface area contributed by atoms with Gasteiger partial charge in [0.25, 0.3) is 0 Å². The van der Waals surface area contributed by atoms with Gasteiger partial charge >= 0.3 is 0 Å². The summed E-state index contributed by atoms with van der Waals surface area (Å²) in [6.07, 6.45) is 22.9. The number of rotatable bonds is 19. The Kier molecular flexibility index (Phi) is 17.8. The first-order chi connectivity index (χ1) is 12.0. The summed E-state index contributed by atoms with van der Waals surface area (Å²) in [5.41, 5.74) is 0.227. The summed E-state index contributed by atoms with van der Waals surface area (Å²) in [5, 5.41) is 9.69. The third kappa shape index (κ3) is 18.8. The fraction of sp³-hybridized carbons (Fsp3) is 1.00. The summed E-state index contributed by atoms with van der Waals surface area (Å²) < 4.78 is 0. The highest BCUT2D eigenvalue weighted by Gasteiger charge is 2.21. The second kappa shape index (κ2) is 17.7. The van der Waals surface area contributed by atoms with Crippen LogP contribution in [0.15, 0.2) is 0 Å². The van der Waals surface area contributed by atoms with Gasteiger partial charge in [-0.1, -0.05) is 117 Å². The molecule has 1 unspecified atom stereocenters. The molecule has 1 N–H and O–H groups in total. The van der Waals surface area contributed by atoms with Crippen LogP contribution < -0.4 is 0 Å². The lowest BCUT2D eigenvalue weighted by molar-refractivity contribution is 0.125. The Labute approximate surface area is 164 Å². The summed E-state index contributed by atoms with van der Waals surface area (Å²) in [6, 6.07) is 0. The van der Waals surface area contributed by atoms with E-state index in [0.29, 0.717) is 5.88 Å². The molecule has 0 aromatic rings. The van der Waals surface area contributed by atoms with Crippen LogP contribution in [0.4, 0.5) is 0 Å². The van der Waals surface area contributed by atoms with Crippen LogP contribution in [0.2, 0.25) is 0 Å². The van der Waals surface area contributed by atoms with Crippen molar-refractivity contribution in [3.05, 3.63) is 0 Å².